The fraction of sp³-hybridized carbons (Fsp3) is 0.714. The van der Waals surface area contributed by atoms with Gasteiger partial charge >= 0.3 is 0 Å². The number of unbranched alkanes of at least 4 members (excludes halogenated alkanes) is 5. The third kappa shape index (κ3) is 7.45. The van der Waals surface area contributed by atoms with Crippen molar-refractivity contribution in [3.8, 4) is 0 Å². The van der Waals surface area contributed by atoms with Gasteiger partial charge in [0.2, 0.25) is 0 Å². The first-order valence-corrected chi connectivity index (χ1v) is 9.28. The Hall–Kier alpha value is -0.820. The average Bonchev–Trinajstić information content (AvgIpc) is 2.50. The molecule has 0 aromatic heterocycles. The molecule has 0 N–H and O–H groups in total. The van der Waals surface area contributed by atoms with Crippen LogP contribution in [0.1, 0.15) is 78.2 Å². The highest BCUT2D eigenvalue weighted by Gasteiger charge is 2.29. The zero-order chi connectivity index (χ0) is 16.3. The topological polar surface area (TPSA) is 9.23 Å². The SMILES string of the molecule is CCCCCCCCC(Cc1ccccc1)C(C)(C)OCC. The van der Waals surface area contributed by atoms with Crippen LogP contribution in [0.2, 0.25) is 0 Å². The number of hydrogen-bond acceptors (Lipinski definition) is 1. The molecule has 0 aliphatic carbocycles. The van der Waals surface area contributed by atoms with E-state index in [1.807, 2.05) is 0 Å². The Morgan fingerprint density at radius 3 is 2.18 bits per heavy atom. The molecule has 1 rings (SSSR count). The molecule has 126 valence electrons. The Labute approximate surface area is 138 Å². The first-order chi connectivity index (χ1) is 10.6. The van der Waals surface area contributed by atoms with Gasteiger partial charge in [0.1, 0.15) is 0 Å². The third-order valence-electron chi connectivity index (χ3n) is 4.73. The quantitative estimate of drug-likeness (QED) is 0.405. The summed E-state index contributed by atoms with van der Waals surface area (Å²) in [4.78, 5) is 0. The highest BCUT2D eigenvalue weighted by molar-refractivity contribution is 5.16. The van der Waals surface area contributed by atoms with Crippen LogP contribution in [0.4, 0.5) is 0 Å². The van der Waals surface area contributed by atoms with E-state index in [0.717, 1.165) is 13.0 Å². The van der Waals surface area contributed by atoms with Crippen LogP contribution in [0.5, 0.6) is 0 Å². The zero-order valence-corrected chi connectivity index (χ0v) is 15.2. The molecule has 1 aromatic rings. The first-order valence-electron chi connectivity index (χ1n) is 9.28. The van der Waals surface area contributed by atoms with E-state index in [2.05, 4.69) is 58.0 Å². The second kappa shape index (κ2) is 10.8. The molecule has 22 heavy (non-hydrogen) atoms. The maximum absolute atomic E-state index is 6.06. The summed E-state index contributed by atoms with van der Waals surface area (Å²) >= 11 is 0. The summed E-state index contributed by atoms with van der Waals surface area (Å²) in [6, 6.07) is 10.9. The Morgan fingerprint density at radius 1 is 0.909 bits per heavy atom. The van der Waals surface area contributed by atoms with Gasteiger partial charge in [-0.05, 0) is 45.1 Å². The van der Waals surface area contributed by atoms with Crippen molar-refractivity contribution in [1.29, 1.82) is 0 Å². The lowest BCUT2D eigenvalue weighted by Gasteiger charge is -2.34. The summed E-state index contributed by atoms with van der Waals surface area (Å²) in [5, 5.41) is 0. The molecule has 0 saturated heterocycles. The summed E-state index contributed by atoms with van der Waals surface area (Å²) in [5.74, 6) is 0.598. The highest BCUT2D eigenvalue weighted by Crippen LogP contribution is 2.30. The van der Waals surface area contributed by atoms with E-state index in [9.17, 15) is 0 Å². The molecule has 0 bridgehead atoms. The van der Waals surface area contributed by atoms with Crippen LogP contribution in [0, 0.1) is 5.92 Å². The molecule has 0 radical (unpaired) electrons. The molecule has 1 heteroatoms. The molecule has 1 aromatic carbocycles. The monoisotopic (exact) mass is 304 g/mol. The molecule has 0 aliphatic rings. The maximum Gasteiger partial charge on any atom is 0.0657 e. The molecule has 0 heterocycles. The standard InChI is InChI=1S/C21H36O/c1-5-7-8-9-10-14-17-20(21(3,4)22-6-2)18-19-15-12-11-13-16-19/h11-13,15-16,20H,5-10,14,17-18H2,1-4H3. The van der Waals surface area contributed by atoms with E-state index >= 15 is 0 Å². The van der Waals surface area contributed by atoms with Crippen molar-refractivity contribution in [1.82, 2.24) is 0 Å². The van der Waals surface area contributed by atoms with Crippen LogP contribution >= 0.6 is 0 Å². The van der Waals surface area contributed by atoms with E-state index in [1.54, 1.807) is 0 Å². The predicted molar refractivity (Wildman–Crippen MR) is 97.3 cm³/mol. The fourth-order valence-electron chi connectivity index (χ4n) is 3.25. The summed E-state index contributed by atoms with van der Waals surface area (Å²) < 4.78 is 6.06. The summed E-state index contributed by atoms with van der Waals surface area (Å²) in [6.45, 7) is 9.71. The first kappa shape index (κ1) is 19.2. The molecule has 1 nitrogen and oxygen atoms in total. The minimum atomic E-state index is -0.0337. The van der Waals surface area contributed by atoms with Gasteiger partial charge < -0.3 is 4.74 Å². The molecular weight excluding hydrogens is 268 g/mol. The largest absolute Gasteiger partial charge is 0.376 e. The summed E-state index contributed by atoms with van der Waals surface area (Å²) in [7, 11) is 0. The van der Waals surface area contributed by atoms with Crippen LogP contribution < -0.4 is 0 Å². The van der Waals surface area contributed by atoms with Crippen LogP contribution in [-0.2, 0) is 11.2 Å². The van der Waals surface area contributed by atoms with Crippen molar-refractivity contribution in [2.24, 2.45) is 5.92 Å². The summed E-state index contributed by atoms with van der Waals surface area (Å²) in [5.41, 5.74) is 1.40. The minimum absolute atomic E-state index is 0.0337. The maximum atomic E-state index is 6.06. The fourth-order valence-corrected chi connectivity index (χ4v) is 3.25. The molecule has 0 saturated carbocycles. The zero-order valence-electron chi connectivity index (χ0n) is 15.2. The van der Waals surface area contributed by atoms with Gasteiger partial charge in [-0.3, -0.25) is 0 Å². The van der Waals surface area contributed by atoms with Crippen LogP contribution in [0.15, 0.2) is 30.3 Å². The number of hydrogen-bond donors (Lipinski definition) is 0. The van der Waals surface area contributed by atoms with Crippen LogP contribution in [-0.4, -0.2) is 12.2 Å². The molecular formula is C21H36O. The lowest BCUT2D eigenvalue weighted by atomic mass is 9.81. The van der Waals surface area contributed by atoms with Crippen molar-refractivity contribution < 1.29 is 4.74 Å². The lowest BCUT2D eigenvalue weighted by molar-refractivity contribution is -0.0574. The highest BCUT2D eigenvalue weighted by atomic mass is 16.5. The number of ether oxygens (including phenoxy) is 1. The van der Waals surface area contributed by atoms with E-state index in [-0.39, 0.29) is 5.60 Å². The van der Waals surface area contributed by atoms with Gasteiger partial charge in [-0.2, -0.15) is 0 Å². The molecule has 0 amide bonds. The molecule has 1 atom stereocenters. The van der Waals surface area contributed by atoms with E-state index < -0.39 is 0 Å². The van der Waals surface area contributed by atoms with Gasteiger partial charge in [0.05, 0.1) is 5.60 Å². The van der Waals surface area contributed by atoms with Crippen molar-refractivity contribution >= 4 is 0 Å². The average molecular weight is 305 g/mol. The van der Waals surface area contributed by atoms with Gasteiger partial charge in [0, 0.05) is 6.61 Å². The smallest absolute Gasteiger partial charge is 0.0657 e. The van der Waals surface area contributed by atoms with Crippen molar-refractivity contribution in [2.45, 2.75) is 84.7 Å². The molecule has 0 aliphatic heterocycles. The molecule has 0 spiro atoms. The van der Waals surface area contributed by atoms with Crippen LogP contribution in [0.25, 0.3) is 0 Å². The molecule has 1 unspecified atom stereocenters. The normalized spacial score (nSPS) is 13.3. The Morgan fingerprint density at radius 2 is 1.55 bits per heavy atom. The number of benzene rings is 1. The van der Waals surface area contributed by atoms with E-state index in [0.29, 0.717) is 5.92 Å². The summed E-state index contributed by atoms with van der Waals surface area (Å²) in [6.07, 6.45) is 10.6. The Kier molecular flexibility index (Phi) is 9.47. The Balaban J connectivity index is 2.51. The van der Waals surface area contributed by atoms with Gasteiger partial charge in [-0.15, -0.1) is 0 Å². The van der Waals surface area contributed by atoms with E-state index in [1.165, 1.54) is 50.5 Å². The second-order valence-corrected chi connectivity index (χ2v) is 6.98. The van der Waals surface area contributed by atoms with Crippen molar-refractivity contribution in [3.05, 3.63) is 35.9 Å². The third-order valence-corrected chi connectivity index (χ3v) is 4.73. The lowest BCUT2D eigenvalue weighted by Crippen LogP contribution is -2.36. The Bertz CT molecular complexity index is 369. The van der Waals surface area contributed by atoms with Crippen molar-refractivity contribution in [3.63, 3.8) is 0 Å². The van der Waals surface area contributed by atoms with Crippen molar-refractivity contribution in [2.75, 3.05) is 6.61 Å². The second-order valence-electron chi connectivity index (χ2n) is 6.98. The predicted octanol–water partition coefficient (Wildman–Crippen LogP) is 6.41. The van der Waals surface area contributed by atoms with Crippen LogP contribution in [0.3, 0.4) is 0 Å². The minimum Gasteiger partial charge on any atom is -0.376 e. The van der Waals surface area contributed by atoms with Gasteiger partial charge in [0.15, 0.2) is 0 Å². The molecule has 0 fully saturated rings. The van der Waals surface area contributed by atoms with Gasteiger partial charge in [-0.25, -0.2) is 0 Å². The number of rotatable bonds is 12. The van der Waals surface area contributed by atoms with E-state index in [4.69, 9.17) is 4.74 Å². The van der Waals surface area contributed by atoms with Gasteiger partial charge in [0.25, 0.3) is 0 Å². The van der Waals surface area contributed by atoms with Gasteiger partial charge in [-0.1, -0.05) is 75.8 Å².